The quantitative estimate of drug-likeness (QED) is 0.173. The molecule has 0 atom stereocenters. The highest BCUT2D eigenvalue weighted by Gasteiger charge is 2.30. The molecule has 33 heavy (non-hydrogen) atoms. The molecule has 0 spiro atoms. The minimum atomic E-state index is -1.76. The Morgan fingerprint density at radius 2 is 1.61 bits per heavy atom. The molecule has 0 saturated carbocycles. The lowest BCUT2D eigenvalue weighted by Crippen LogP contribution is -2.20. The van der Waals surface area contributed by atoms with Gasteiger partial charge in [-0.25, -0.2) is 22.5 Å². The number of hydrogen-bond acceptors (Lipinski definition) is 4. The Morgan fingerprint density at radius 3 is 2.30 bits per heavy atom. The van der Waals surface area contributed by atoms with Crippen molar-refractivity contribution in [3.8, 4) is 10.6 Å². The lowest BCUT2D eigenvalue weighted by molar-refractivity contribution is 0.101. The molecule has 9 heteroatoms. The number of anilines is 2. The third kappa shape index (κ3) is 4.41. The lowest BCUT2D eigenvalue weighted by Gasteiger charge is -2.14. The topological polar surface area (TPSA) is 54.0 Å². The van der Waals surface area contributed by atoms with E-state index in [0.29, 0.717) is 17.0 Å². The van der Waals surface area contributed by atoms with E-state index in [-0.39, 0.29) is 12.2 Å². The largest absolute Gasteiger partial charge is 0.380 e. The van der Waals surface area contributed by atoms with Crippen LogP contribution in [0.4, 0.5) is 28.9 Å². The van der Waals surface area contributed by atoms with Crippen LogP contribution in [0.3, 0.4) is 0 Å². The van der Waals surface area contributed by atoms with Crippen LogP contribution < -0.4 is 10.6 Å². The predicted octanol–water partition coefficient (Wildman–Crippen LogP) is 6.98. The summed E-state index contributed by atoms with van der Waals surface area (Å²) in [4.78, 5) is 17.3. The van der Waals surface area contributed by atoms with Crippen molar-refractivity contribution < 1.29 is 22.4 Å². The number of nitrogens with one attached hydrogen (secondary N) is 2. The van der Waals surface area contributed by atoms with Crippen molar-refractivity contribution >= 4 is 38.8 Å². The molecule has 3 aromatic carbocycles. The van der Waals surface area contributed by atoms with Gasteiger partial charge >= 0.3 is 0 Å². The molecule has 4 nitrogen and oxygen atoms in total. The average Bonchev–Trinajstić information content (AvgIpc) is 3.25. The van der Waals surface area contributed by atoms with Crippen molar-refractivity contribution in [1.29, 1.82) is 0 Å². The number of thiazole rings is 1. The van der Waals surface area contributed by atoms with E-state index in [2.05, 4.69) is 15.6 Å². The van der Waals surface area contributed by atoms with E-state index in [1.807, 2.05) is 31.2 Å². The second kappa shape index (κ2) is 9.58. The van der Waals surface area contributed by atoms with Crippen LogP contribution in [0.5, 0.6) is 0 Å². The fourth-order valence-corrected chi connectivity index (χ4v) is 4.33. The van der Waals surface area contributed by atoms with E-state index in [4.69, 9.17) is 0 Å². The van der Waals surface area contributed by atoms with Crippen molar-refractivity contribution in [2.75, 3.05) is 17.2 Å². The molecule has 1 heterocycles. The van der Waals surface area contributed by atoms with Crippen LogP contribution in [0.25, 0.3) is 20.8 Å². The van der Waals surface area contributed by atoms with Gasteiger partial charge < -0.3 is 10.6 Å². The first-order valence-corrected chi connectivity index (χ1v) is 11.1. The van der Waals surface area contributed by atoms with Gasteiger partial charge in [0.2, 0.25) is 0 Å². The Labute approximate surface area is 191 Å². The number of carbonyl (C=O) groups is 1. The van der Waals surface area contributed by atoms with Gasteiger partial charge in [0.05, 0.1) is 15.9 Å². The SMILES string of the molecule is CCCCNc1c(F)c(F)c(C(=O)Nc2ccccc2-c2nc3ccccc3s2)c(F)c1F. The van der Waals surface area contributed by atoms with Crippen molar-refractivity contribution in [3.05, 3.63) is 77.4 Å². The Hall–Kier alpha value is -3.46. The number of para-hydroxylation sites is 2. The Morgan fingerprint density at radius 1 is 0.939 bits per heavy atom. The van der Waals surface area contributed by atoms with E-state index in [0.717, 1.165) is 16.6 Å². The Bertz CT molecular complexity index is 1280. The molecule has 1 aromatic heterocycles. The zero-order valence-corrected chi connectivity index (χ0v) is 18.3. The molecular formula is C24H19F4N3OS. The number of halogens is 4. The molecule has 0 aliphatic carbocycles. The van der Waals surface area contributed by atoms with Crippen LogP contribution in [-0.2, 0) is 0 Å². The van der Waals surface area contributed by atoms with Crippen LogP contribution in [0.15, 0.2) is 48.5 Å². The molecule has 0 saturated heterocycles. The molecule has 4 aromatic rings. The summed E-state index contributed by atoms with van der Waals surface area (Å²) in [5, 5.41) is 5.30. The number of fused-ring (bicyclic) bond motifs is 1. The molecular weight excluding hydrogens is 454 g/mol. The van der Waals surface area contributed by atoms with Gasteiger partial charge in [-0.1, -0.05) is 37.6 Å². The number of hydrogen-bond donors (Lipinski definition) is 2. The maximum Gasteiger partial charge on any atom is 0.261 e. The predicted molar refractivity (Wildman–Crippen MR) is 123 cm³/mol. The monoisotopic (exact) mass is 473 g/mol. The van der Waals surface area contributed by atoms with Crippen LogP contribution in [0, 0.1) is 23.3 Å². The van der Waals surface area contributed by atoms with Crippen molar-refractivity contribution in [2.45, 2.75) is 19.8 Å². The first-order valence-electron chi connectivity index (χ1n) is 10.3. The van der Waals surface area contributed by atoms with Crippen molar-refractivity contribution in [1.82, 2.24) is 4.98 Å². The fraction of sp³-hybridized carbons (Fsp3) is 0.167. The van der Waals surface area contributed by atoms with Gasteiger partial charge in [0.25, 0.3) is 5.91 Å². The summed E-state index contributed by atoms with van der Waals surface area (Å²) in [6.07, 6.45) is 1.27. The molecule has 0 unspecified atom stereocenters. The van der Waals surface area contributed by atoms with Gasteiger partial charge in [-0.15, -0.1) is 11.3 Å². The van der Waals surface area contributed by atoms with E-state index in [1.165, 1.54) is 17.4 Å². The second-order valence-corrected chi connectivity index (χ2v) is 8.30. The smallest absolute Gasteiger partial charge is 0.261 e. The zero-order chi connectivity index (χ0) is 23.5. The third-order valence-electron chi connectivity index (χ3n) is 5.02. The molecule has 1 amide bonds. The van der Waals surface area contributed by atoms with Crippen molar-refractivity contribution in [3.63, 3.8) is 0 Å². The van der Waals surface area contributed by atoms with E-state index < -0.39 is 40.4 Å². The summed E-state index contributed by atoms with van der Waals surface area (Å²) >= 11 is 1.37. The highest BCUT2D eigenvalue weighted by atomic mass is 32.1. The van der Waals surface area contributed by atoms with Gasteiger partial charge in [0, 0.05) is 12.1 Å². The van der Waals surface area contributed by atoms with Gasteiger partial charge in [-0.05, 0) is 30.7 Å². The number of carbonyl (C=O) groups excluding carboxylic acids is 1. The van der Waals surface area contributed by atoms with Crippen LogP contribution in [0.1, 0.15) is 30.1 Å². The van der Waals surface area contributed by atoms with E-state index >= 15 is 0 Å². The summed E-state index contributed by atoms with van der Waals surface area (Å²) < 4.78 is 59.1. The minimum absolute atomic E-state index is 0.129. The maximum atomic E-state index is 14.6. The Kier molecular flexibility index (Phi) is 6.60. The minimum Gasteiger partial charge on any atom is -0.380 e. The molecule has 2 N–H and O–H groups in total. The number of unbranched alkanes of at least 4 members (excludes halogenated alkanes) is 1. The summed E-state index contributed by atoms with van der Waals surface area (Å²) in [6.45, 7) is 1.99. The number of aromatic nitrogens is 1. The number of benzene rings is 3. The fourth-order valence-electron chi connectivity index (χ4n) is 3.33. The molecule has 170 valence electrons. The van der Waals surface area contributed by atoms with Gasteiger partial charge in [0.15, 0.2) is 23.3 Å². The number of amides is 1. The standard InChI is InChI=1S/C24H19F4N3OS/c1-2-3-12-29-22-20(27)18(25)17(19(26)21(22)28)23(32)30-14-9-5-4-8-13(14)24-31-15-10-6-7-11-16(15)33-24/h4-11,29H,2-3,12H2,1H3,(H,30,32). The Balaban J connectivity index is 1.68. The number of rotatable bonds is 7. The van der Waals surface area contributed by atoms with Gasteiger partial charge in [-0.2, -0.15) is 0 Å². The summed E-state index contributed by atoms with van der Waals surface area (Å²) in [6, 6.07) is 14.0. The lowest BCUT2D eigenvalue weighted by atomic mass is 10.1. The van der Waals surface area contributed by atoms with Crippen LogP contribution >= 0.6 is 11.3 Å². The highest BCUT2D eigenvalue weighted by molar-refractivity contribution is 7.21. The summed E-state index contributed by atoms with van der Waals surface area (Å²) in [7, 11) is 0. The molecule has 0 fully saturated rings. The molecule has 0 aliphatic heterocycles. The van der Waals surface area contributed by atoms with Crippen LogP contribution in [-0.4, -0.2) is 17.4 Å². The molecule has 0 aliphatic rings. The van der Waals surface area contributed by atoms with Crippen LogP contribution in [0.2, 0.25) is 0 Å². The number of nitrogens with zero attached hydrogens (tertiary/aromatic N) is 1. The molecule has 0 radical (unpaired) electrons. The molecule has 4 rings (SSSR count). The van der Waals surface area contributed by atoms with E-state index in [1.54, 1.807) is 18.2 Å². The maximum absolute atomic E-state index is 14.6. The van der Waals surface area contributed by atoms with Gasteiger partial charge in [-0.3, -0.25) is 4.79 Å². The first kappa shape index (κ1) is 22.7. The first-order chi connectivity index (χ1) is 15.9. The van der Waals surface area contributed by atoms with E-state index in [9.17, 15) is 22.4 Å². The summed E-state index contributed by atoms with van der Waals surface area (Å²) in [5.41, 5.74) is -0.793. The second-order valence-electron chi connectivity index (χ2n) is 7.27. The van der Waals surface area contributed by atoms with Crippen molar-refractivity contribution in [2.24, 2.45) is 0 Å². The third-order valence-corrected chi connectivity index (χ3v) is 6.09. The summed E-state index contributed by atoms with van der Waals surface area (Å²) in [5.74, 6) is -8.12. The highest BCUT2D eigenvalue weighted by Crippen LogP contribution is 2.35. The van der Waals surface area contributed by atoms with Gasteiger partial charge in [0.1, 0.15) is 16.3 Å². The molecule has 0 bridgehead atoms. The normalized spacial score (nSPS) is 11.1. The zero-order valence-electron chi connectivity index (χ0n) is 17.5. The average molecular weight is 473 g/mol.